The number of benzene rings is 1. The lowest BCUT2D eigenvalue weighted by molar-refractivity contribution is 0.315. The monoisotopic (exact) mass is 350 g/mol. The molecule has 3 N–H and O–H groups in total. The Morgan fingerprint density at radius 3 is 2.50 bits per heavy atom. The summed E-state index contributed by atoms with van der Waals surface area (Å²) in [5, 5.41) is 11.8. The van der Waals surface area contributed by atoms with E-state index >= 15 is 0 Å². The van der Waals surface area contributed by atoms with Gasteiger partial charge < -0.3 is 16.1 Å². The number of nitrogens with one attached hydrogen (secondary N) is 1. The van der Waals surface area contributed by atoms with Crippen LogP contribution in [0.4, 0.5) is 5.95 Å². The molecule has 130 valence electrons. The Balaban J connectivity index is 2.05. The molecule has 1 aromatic heterocycles. The maximum Gasteiger partial charge on any atom is 0.295 e. The predicted molar refractivity (Wildman–Crippen MR) is 97.0 cm³/mol. The molecule has 1 aromatic carbocycles. The molecular weight excluding hydrogens is 328 g/mol. The SMILES string of the molecule is CCN(CC)CCNc1nnc(Cc2ccc(Cl)cc2)c(=O)n1N. The van der Waals surface area contributed by atoms with Gasteiger partial charge in [0.2, 0.25) is 5.95 Å². The minimum atomic E-state index is -0.356. The summed E-state index contributed by atoms with van der Waals surface area (Å²) >= 11 is 5.86. The molecule has 0 unspecified atom stereocenters. The number of hydrogen-bond acceptors (Lipinski definition) is 6. The van der Waals surface area contributed by atoms with Gasteiger partial charge in [-0.2, -0.15) is 4.68 Å². The highest BCUT2D eigenvalue weighted by atomic mass is 35.5. The summed E-state index contributed by atoms with van der Waals surface area (Å²) in [5.41, 5.74) is 0.868. The van der Waals surface area contributed by atoms with E-state index in [2.05, 4.69) is 34.3 Å². The highest BCUT2D eigenvalue weighted by molar-refractivity contribution is 6.30. The molecule has 7 nitrogen and oxygen atoms in total. The van der Waals surface area contributed by atoms with E-state index in [0.717, 1.165) is 29.9 Å². The number of nitrogens with two attached hydrogens (primary N) is 1. The van der Waals surface area contributed by atoms with Crippen LogP contribution >= 0.6 is 11.6 Å². The van der Waals surface area contributed by atoms with Crippen LogP contribution in [0.15, 0.2) is 29.1 Å². The molecule has 0 amide bonds. The molecule has 2 aromatic rings. The number of nitrogens with zero attached hydrogens (tertiary/aromatic N) is 4. The molecule has 0 spiro atoms. The molecule has 0 saturated heterocycles. The van der Waals surface area contributed by atoms with Crippen molar-refractivity contribution in [1.29, 1.82) is 0 Å². The number of rotatable bonds is 8. The molecule has 24 heavy (non-hydrogen) atoms. The fourth-order valence-corrected chi connectivity index (χ4v) is 2.45. The Hall–Kier alpha value is -2.12. The first kappa shape index (κ1) is 18.2. The van der Waals surface area contributed by atoms with E-state index in [1.165, 1.54) is 0 Å². The van der Waals surface area contributed by atoms with Gasteiger partial charge in [-0.1, -0.05) is 37.6 Å². The first-order chi connectivity index (χ1) is 11.5. The second-order valence-corrected chi connectivity index (χ2v) is 5.84. The Morgan fingerprint density at radius 1 is 1.21 bits per heavy atom. The topological polar surface area (TPSA) is 89.1 Å². The Bertz CT molecular complexity index is 711. The summed E-state index contributed by atoms with van der Waals surface area (Å²) in [6, 6.07) is 7.24. The van der Waals surface area contributed by atoms with Crippen molar-refractivity contribution in [2.24, 2.45) is 0 Å². The standard InChI is InChI=1S/C16H23ClN6O/c1-3-22(4-2)10-9-19-16-21-20-14(15(24)23(16)18)11-12-5-7-13(17)8-6-12/h5-8H,3-4,9-11,18H2,1-2H3,(H,19,21). The van der Waals surface area contributed by atoms with Gasteiger partial charge in [-0.25, -0.2) is 0 Å². The van der Waals surface area contributed by atoms with Gasteiger partial charge >= 0.3 is 0 Å². The maximum absolute atomic E-state index is 12.3. The van der Waals surface area contributed by atoms with Crippen molar-refractivity contribution in [3.63, 3.8) is 0 Å². The molecule has 8 heteroatoms. The maximum atomic E-state index is 12.3. The summed E-state index contributed by atoms with van der Waals surface area (Å²) in [5.74, 6) is 6.12. The third kappa shape index (κ3) is 4.69. The molecule has 0 atom stereocenters. The average Bonchev–Trinajstić information content (AvgIpc) is 2.59. The van der Waals surface area contributed by atoms with Crippen LogP contribution in [0, 0.1) is 0 Å². The van der Waals surface area contributed by atoms with Crippen LogP contribution in [0.25, 0.3) is 0 Å². The van der Waals surface area contributed by atoms with Crippen molar-refractivity contribution in [2.75, 3.05) is 37.3 Å². The third-order valence-corrected chi connectivity index (χ3v) is 4.10. The largest absolute Gasteiger partial charge is 0.352 e. The van der Waals surface area contributed by atoms with E-state index in [1.54, 1.807) is 12.1 Å². The normalized spacial score (nSPS) is 11.0. The van der Waals surface area contributed by atoms with Gasteiger partial charge in [-0.15, -0.1) is 10.2 Å². The first-order valence-corrected chi connectivity index (χ1v) is 8.37. The van der Waals surface area contributed by atoms with Gasteiger partial charge in [0.05, 0.1) is 0 Å². The quantitative estimate of drug-likeness (QED) is 0.699. The molecule has 0 aliphatic heterocycles. The van der Waals surface area contributed by atoms with Gasteiger partial charge in [0.25, 0.3) is 5.56 Å². The summed E-state index contributed by atoms with van der Waals surface area (Å²) in [6.45, 7) is 7.64. The lowest BCUT2D eigenvalue weighted by Crippen LogP contribution is -2.36. The Morgan fingerprint density at radius 2 is 1.88 bits per heavy atom. The molecule has 1 heterocycles. The van der Waals surface area contributed by atoms with Gasteiger partial charge in [-0.05, 0) is 30.8 Å². The third-order valence-electron chi connectivity index (χ3n) is 3.85. The highest BCUT2D eigenvalue weighted by Gasteiger charge is 2.11. The number of anilines is 1. The second kappa shape index (κ2) is 8.65. The van der Waals surface area contributed by atoms with Crippen LogP contribution in [0.3, 0.4) is 0 Å². The van der Waals surface area contributed by atoms with Crippen LogP contribution in [0.1, 0.15) is 25.1 Å². The number of halogens is 1. The van der Waals surface area contributed by atoms with E-state index < -0.39 is 0 Å². The Labute approximate surface area is 146 Å². The van der Waals surface area contributed by atoms with Crippen molar-refractivity contribution in [2.45, 2.75) is 20.3 Å². The summed E-state index contributed by atoms with van der Waals surface area (Å²) < 4.78 is 1.01. The highest BCUT2D eigenvalue weighted by Crippen LogP contribution is 2.11. The van der Waals surface area contributed by atoms with Gasteiger partial charge in [0, 0.05) is 24.5 Å². The fourth-order valence-electron chi connectivity index (χ4n) is 2.33. The van der Waals surface area contributed by atoms with E-state index in [1.807, 2.05) is 12.1 Å². The van der Waals surface area contributed by atoms with E-state index in [4.69, 9.17) is 17.4 Å². The summed E-state index contributed by atoms with van der Waals surface area (Å²) in [6.07, 6.45) is 0.361. The molecular formula is C16H23ClN6O. The lowest BCUT2D eigenvalue weighted by Gasteiger charge is -2.18. The van der Waals surface area contributed by atoms with Gasteiger partial charge in [0.1, 0.15) is 5.69 Å². The van der Waals surface area contributed by atoms with Crippen molar-refractivity contribution in [3.05, 3.63) is 50.9 Å². The van der Waals surface area contributed by atoms with Crippen molar-refractivity contribution >= 4 is 17.5 Å². The zero-order valence-electron chi connectivity index (χ0n) is 14.0. The number of likely N-dealkylation sites (N-methyl/N-ethyl adjacent to an activating group) is 1. The van der Waals surface area contributed by atoms with E-state index in [9.17, 15) is 4.79 Å². The number of aromatic nitrogens is 3. The zero-order valence-corrected chi connectivity index (χ0v) is 14.8. The van der Waals surface area contributed by atoms with Crippen molar-refractivity contribution in [1.82, 2.24) is 19.8 Å². The van der Waals surface area contributed by atoms with Gasteiger partial charge in [0.15, 0.2) is 0 Å². The van der Waals surface area contributed by atoms with E-state index in [-0.39, 0.29) is 11.5 Å². The summed E-state index contributed by atoms with van der Waals surface area (Å²) in [4.78, 5) is 14.6. The summed E-state index contributed by atoms with van der Waals surface area (Å²) in [7, 11) is 0. The van der Waals surface area contributed by atoms with Gasteiger partial charge in [-0.3, -0.25) is 4.79 Å². The molecule has 0 saturated carbocycles. The molecule has 0 bridgehead atoms. The van der Waals surface area contributed by atoms with Crippen LogP contribution in [0.5, 0.6) is 0 Å². The second-order valence-electron chi connectivity index (χ2n) is 5.40. The smallest absolute Gasteiger partial charge is 0.295 e. The Kier molecular flexibility index (Phi) is 6.57. The minimum absolute atomic E-state index is 0.270. The van der Waals surface area contributed by atoms with Crippen molar-refractivity contribution < 1.29 is 0 Å². The lowest BCUT2D eigenvalue weighted by atomic mass is 10.1. The minimum Gasteiger partial charge on any atom is -0.352 e. The van der Waals surface area contributed by atoms with Crippen LogP contribution in [0.2, 0.25) is 5.02 Å². The first-order valence-electron chi connectivity index (χ1n) is 7.99. The molecule has 2 rings (SSSR count). The molecule has 0 fully saturated rings. The number of hydrogen-bond donors (Lipinski definition) is 2. The predicted octanol–water partition coefficient (Wildman–Crippen LogP) is 1.35. The van der Waals surface area contributed by atoms with Crippen LogP contribution in [-0.4, -0.2) is 46.0 Å². The van der Waals surface area contributed by atoms with Crippen LogP contribution < -0.4 is 16.7 Å². The van der Waals surface area contributed by atoms with Crippen LogP contribution in [-0.2, 0) is 6.42 Å². The zero-order chi connectivity index (χ0) is 17.5. The fraction of sp³-hybridized carbons (Fsp3) is 0.438. The van der Waals surface area contributed by atoms with E-state index in [0.29, 0.717) is 23.7 Å². The molecule has 0 aliphatic rings. The van der Waals surface area contributed by atoms with Crippen molar-refractivity contribution in [3.8, 4) is 0 Å². The molecule has 0 aliphatic carbocycles. The average molecular weight is 351 g/mol. The number of nitrogen functional groups attached to an aromatic ring is 1. The molecule has 0 radical (unpaired) electrons.